The van der Waals surface area contributed by atoms with Gasteiger partial charge in [0.15, 0.2) is 12.6 Å². The molecule has 2 rings (SSSR count). The van der Waals surface area contributed by atoms with Gasteiger partial charge in [0.25, 0.3) is 5.91 Å². The first kappa shape index (κ1) is 21.3. The van der Waals surface area contributed by atoms with E-state index < -0.39 is 17.8 Å². The molecule has 0 aliphatic rings. The van der Waals surface area contributed by atoms with Gasteiger partial charge in [0, 0.05) is 11.4 Å². The molecule has 2 aromatic rings. The average molecular weight is 390 g/mol. The molecule has 0 bridgehead atoms. The van der Waals surface area contributed by atoms with Crippen LogP contribution in [0, 0.1) is 19.7 Å². The van der Waals surface area contributed by atoms with Gasteiger partial charge in [0.2, 0.25) is 5.78 Å². The van der Waals surface area contributed by atoms with Gasteiger partial charge in [-0.25, -0.2) is 9.18 Å². The summed E-state index contributed by atoms with van der Waals surface area (Å²) in [5.41, 5.74) is 2.12. The highest BCUT2D eigenvalue weighted by Gasteiger charge is 2.30. The molecule has 150 valence electrons. The lowest BCUT2D eigenvalue weighted by Crippen LogP contribution is -3.14. The SMILES string of the molecule is COC(=O)c1c(C)[nH]c(C(=O)[C@@H](C)[NH+](C)CC(=O)Nc2cccc(F)c2)c1C. The van der Waals surface area contributed by atoms with E-state index in [1.807, 2.05) is 0 Å². The van der Waals surface area contributed by atoms with Gasteiger partial charge in [0.1, 0.15) is 5.82 Å². The molecule has 1 heterocycles. The number of carbonyl (C=O) groups is 3. The topological polar surface area (TPSA) is 92.7 Å². The first-order valence-electron chi connectivity index (χ1n) is 8.85. The first-order valence-corrected chi connectivity index (χ1v) is 8.85. The van der Waals surface area contributed by atoms with Crippen LogP contribution in [0.2, 0.25) is 0 Å². The number of H-pyrrole nitrogens is 1. The van der Waals surface area contributed by atoms with Crippen molar-refractivity contribution in [2.45, 2.75) is 26.8 Å². The molecule has 1 amide bonds. The molecule has 1 unspecified atom stereocenters. The number of amides is 1. The van der Waals surface area contributed by atoms with E-state index in [2.05, 4.69) is 10.3 Å². The van der Waals surface area contributed by atoms with E-state index in [4.69, 9.17) is 4.74 Å². The zero-order valence-corrected chi connectivity index (χ0v) is 16.6. The van der Waals surface area contributed by atoms with E-state index in [9.17, 15) is 18.8 Å². The fourth-order valence-electron chi connectivity index (χ4n) is 3.02. The number of hydrogen-bond donors (Lipinski definition) is 3. The molecule has 3 N–H and O–H groups in total. The third-order valence-corrected chi connectivity index (χ3v) is 4.75. The van der Waals surface area contributed by atoms with Crippen molar-refractivity contribution in [3.05, 3.63) is 52.6 Å². The number of anilines is 1. The van der Waals surface area contributed by atoms with E-state index >= 15 is 0 Å². The Morgan fingerprint density at radius 3 is 2.57 bits per heavy atom. The lowest BCUT2D eigenvalue weighted by molar-refractivity contribution is -0.885. The fourth-order valence-corrected chi connectivity index (χ4v) is 3.02. The highest BCUT2D eigenvalue weighted by molar-refractivity contribution is 6.03. The van der Waals surface area contributed by atoms with Gasteiger partial charge in [-0.3, -0.25) is 9.59 Å². The summed E-state index contributed by atoms with van der Waals surface area (Å²) in [5, 5.41) is 2.61. The van der Waals surface area contributed by atoms with Gasteiger partial charge in [-0.1, -0.05) is 6.07 Å². The van der Waals surface area contributed by atoms with Crippen molar-refractivity contribution in [1.82, 2.24) is 4.98 Å². The van der Waals surface area contributed by atoms with Crippen molar-refractivity contribution < 1.29 is 28.4 Å². The van der Waals surface area contributed by atoms with Crippen molar-refractivity contribution in [2.24, 2.45) is 0 Å². The van der Waals surface area contributed by atoms with Crippen LogP contribution in [0.4, 0.5) is 10.1 Å². The summed E-state index contributed by atoms with van der Waals surface area (Å²) >= 11 is 0. The number of esters is 1. The minimum Gasteiger partial charge on any atom is -0.465 e. The molecule has 1 aromatic heterocycles. The second-order valence-electron chi connectivity index (χ2n) is 6.78. The number of Topliss-reactive ketones (excluding diaryl/α,β-unsaturated/α-hetero) is 1. The number of ketones is 1. The standard InChI is InChI=1S/C20H24FN3O4/c1-11-17(20(27)28-5)12(2)22-18(11)19(26)13(3)24(4)10-16(25)23-15-8-6-7-14(21)9-15/h6-9,13,22H,10H2,1-5H3,(H,23,25)/p+1/t13-/m1/s1. The zero-order chi connectivity index (χ0) is 21.0. The fraction of sp³-hybridized carbons (Fsp3) is 0.350. The number of carbonyl (C=O) groups excluding carboxylic acids is 3. The first-order chi connectivity index (χ1) is 13.1. The summed E-state index contributed by atoms with van der Waals surface area (Å²) in [6, 6.07) is 5.06. The van der Waals surface area contributed by atoms with Gasteiger partial charge in [-0.2, -0.15) is 0 Å². The Hall–Kier alpha value is -3.00. The summed E-state index contributed by atoms with van der Waals surface area (Å²) in [7, 11) is 3.01. The third kappa shape index (κ3) is 4.64. The number of nitrogens with one attached hydrogen (secondary N) is 3. The molecule has 1 aromatic carbocycles. The van der Waals surface area contributed by atoms with Crippen LogP contribution in [0.3, 0.4) is 0 Å². The Balaban J connectivity index is 2.08. The van der Waals surface area contributed by atoms with Crippen LogP contribution >= 0.6 is 0 Å². The van der Waals surface area contributed by atoms with Gasteiger partial charge >= 0.3 is 5.97 Å². The average Bonchev–Trinajstić information content (AvgIpc) is 2.93. The van der Waals surface area contributed by atoms with Crippen LogP contribution in [-0.2, 0) is 9.53 Å². The maximum Gasteiger partial charge on any atom is 0.339 e. The van der Waals surface area contributed by atoms with E-state index in [-0.39, 0.29) is 18.2 Å². The van der Waals surface area contributed by atoms with Gasteiger partial charge in [-0.15, -0.1) is 0 Å². The van der Waals surface area contributed by atoms with E-state index in [0.29, 0.717) is 33.1 Å². The molecule has 2 atom stereocenters. The number of hydrogen-bond acceptors (Lipinski definition) is 4. The Morgan fingerprint density at radius 1 is 1.29 bits per heavy atom. The number of halogens is 1. The number of methoxy groups -OCH3 is 1. The summed E-state index contributed by atoms with van der Waals surface area (Å²) in [6.45, 7) is 5.11. The number of aromatic nitrogens is 1. The number of aromatic amines is 1. The van der Waals surface area contributed by atoms with E-state index in [0.717, 1.165) is 0 Å². The maximum absolute atomic E-state index is 13.2. The summed E-state index contributed by atoms with van der Waals surface area (Å²) in [6.07, 6.45) is 0. The van der Waals surface area contributed by atoms with E-state index in [1.165, 1.54) is 25.3 Å². The lowest BCUT2D eigenvalue weighted by atomic mass is 10.0. The van der Waals surface area contributed by atoms with Crippen LogP contribution in [0.5, 0.6) is 0 Å². The molecule has 0 aliphatic carbocycles. The van der Waals surface area contributed by atoms with Gasteiger partial charge in [-0.05, 0) is 44.5 Å². The van der Waals surface area contributed by atoms with Gasteiger partial charge < -0.3 is 19.9 Å². The Morgan fingerprint density at radius 2 is 1.96 bits per heavy atom. The van der Waals surface area contributed by atoms with E-state index in [1.54, 1.807) is 33.9 Å². The van der Waals surface area contributed by atoms with Crippen molar-refractivity contribution in [3.8, 4) is 0 Å². The quantitative estimate of drug-likeness (QED) is 0.491. The minimum atomic E-state index is -0.541. The molecule has 28 heavy (non-hydrogen) atoms. The molecular weight excluding hydrogens is 365 g/mol. The number of ether oxygens (including phenoxy) is 1. The van der Waals surface area contributed by atoms with Crippen LogP contribution in [0.1, 0.15) is 39.0 Å². The number of rotatable bonds is 7. The highest BCUT2D eigenvalue weighted by Crippen LogP contribution is 2.19. The largest absolute Gasteiger partial charge is 0.465 e. The van der Waals surface area contributed by atoms with Crippen molar-refractivity contribution >= 4 is 23.3 Å². The molecule has 8 heteroatoms. The summed E-state index contributed by atoms with van der Waals surface area (Å²) < 4.78 is 18.0. The molecule has 7 nitrogen and oxygen atoms in total. The molecule has 0 spiro atoms. The van der Waals surface area contributed by atoms with Crippen molar-refractivity contribution in [3.63, 3.8) is 0 Å². The number of benzene rings is 1. The zero-order valence-electron chi connectivity index (χ0n) is 16.6. The van der Waals surface area contributed by atoms with Crippen molar-refractivity contribution in [2.75, 3.05) is 26.0 Å². The number of likely N-dealkylation sites (N-methyl/N-ethyl adjacent to an activating group) is 1. The Kier molecular flexibility index (Phi) is 6.69. The monoisotopic (exact) mass is 390 g/mol. The number of quaternary nitrogens is 1. The van der Waals surface area contributed by atoms with Crippen LogP contribution in [0.25, 0.3) is 0 Å². The summed E-state index contributed by atoms with van der Waals surface area (Å²) in [5.74, 6) is -1.50. The molecule has 0 aliphatic heterocycles. The molecule has 0 radical (unpaired) electrons. The number of aryl methyl sites for hydroxylation is 1. The Bertz CT molecular complexity index is 907. The maximum atomic E-state index is 13.2. The highest BCUT2D eigenvalue weighted by atomic mass is 19.1. The van der Waals surface area contributed by atoms with Crippen LogP contribution in [0.15, 0.2) is 24.3 Å². The van der Waals surface area contributed by atoms with Gasteiger partial charge in [0.05, 0.1) is 25.4 Å². The molecule has 0 fully saturated rings. The van der Waals surface area contributed by atoms with Crippen LogP contribution < -0.4 is 10.2 Å². The minimum absolute atomic E-state index is 0.0199. The Labute approximate surface area is 162 Å². The van der Waals surface area contributed by atoms with Crippen LogP contribution in [-0.4, -0.2) is 49.4 Å². The molecule has 0 saturated heterocycles. The smallest absolute Gasteiger partial charge is 0.339 e. The van der Waals surface area contributed by atoms with Crippen molar-refractivity contribution in [1.29, 1.82) is 0 Å². The lowest BCUT2D eigenvalue weighted by Gasteiger charge is -2.20. The second-order valence-corrected chi connectivity index (χ2v) is 6.78. The summed E-state index contributed by atoms with van der Waals surface area (Å²) in [4.78, 5) is 40.6. The molecular formula is C20H25FN3O4+. The third-order valence-electron chi connectivity index (χ3n) is 4.75. The normalized spacial score (nSPS) is 12.9. The predicted molar refractivity (Wildman–Crippen MR) is 102 cm³/mol. The molecule has 0 saturated carbocycles. The second kappa shape index (κ2) is 8.79. The predicted octanol–water partition coefficient (Wildman–Crippen LogP) is 1.28.